The number of carbonyl (C=O) groups excluding carboxylic acids is 1. The molecule has 2 aliphatic rings. The molecule has 23 heavy (non-hydrogen) atoms. The first-order valence-corrected chi connectivity index (χ1v) is 10.3. The Hall–Kier alpha value is -1.27. The van der Waals surface area contributed by atoms with Crippen LogP contribution in [0.15, 0.2) is 24.3 Å². The molecular weight excluding hydrogens is 338 g/mol. The van der Waals surface area contributed by atoms with E-state index in [4.69, 9.17) is 15.4 Å². The molecule has 1 atom stereocenters. The topological polar surface area (TPSA) is 63.7 Å². The van der Waals surface area contributed by atoms with Gasteiger partial charge in [0.1, 0.15) is 11.0 Å². The van der Waals surface area contributed by atoms with Crippen LogP contribution in [0.2, 0.25) is 0 Å². The van der Waals surface area contributed by atoms with Crippen molar-refractivity contribution >= 4 is 25.6 Å². The van der Waals surface area contributed by atoms with Crippen molar-refractivity contribution in [2.75, 3.05) is 6.54 Å². The number of hydrogen-bond donors (Lipinski definition) is 0. The third-order valence-electron chi connectivity index (χ3n) is 4.45. The zero-order chi connectivity index (χ0) is 16.4. The normalized spacial score (nSPS) is 22.7. The Balaban J connectivity index is 1.65. The first-order chi connectivity index (χ1) is 10.9. The van der Waals surface area contributed by atoms with Crippen LogP contribution in [0.4, 0.5) is 0 Å². The molecule has 0 radical (unpaired) electrons. The van der Waals surface area contributed by atoms with Gasteiger partial charge >= 0.3 is 0 Å². The standard InChI is InChI=1S/C16H20ClNO4S/c17-23(20,21)15-9-16(19)18(11-15)10-12-4-3-7-14(8-12)22-13-5-1-2-6-13/h3-4,7-8,13,15H,1-2,5-6,9-11H2. The van der Waals surface area contributed by atoms with Crippen LogP contribution in [0.3, 0.4) is 0 Å². The smallest absolute Gasteiger partial charge is 0.237 e. The predicted octanol–water partition coefficient (Wildman–Crippen LogP) is 2.68. The number of benzene rings is 1. The van der Waals surface area contributed by atoms with Gasteiger partial charge in [-0.05, 0) is 43.4 Å². The van der Waals surface area contributed by atoms with E-state index < -0.39 is 14.3 Å². The van der Waals surface area contributed by atoms with Gasteiger partial charge in [0.25, 0.3) is 0 Å². The Morgan fingerprint density at radius 2 is 2.00 bits per heavy atom. The highest BCUT2D eigenvalue weighted by atomic mass is 35.7. The molecule has 3 rings (SSSR count). The summed E-state index contributed by atoms with van der Waals surface area (Å²) in [7, 11) is 1.67. The molecule has 1 saturated carbocycles. The Morgan fingerprint density at radius 1 is 1.26 bits per heavy atom. The lowest BCUT2D eigenvalue weighted by Crippen LogP contribution is -2.26. The van der Waals surface area contributed by atoms with Crippen molar-refractivity contribution in [1.82, 2.24) is 4.90 Å². The molecule has 0 aromatic heterocycles. The summed E-state index contributed by atoms with van der Waals surface area (Å²) in [6.07, 6.45) is 4.84. The number of hydrogen-bond acceptors (Lipinski definition) is 4. The minimum atomic E-state index is -3.70. The van der Waals surface area contributed by atoms with Gasteiger partial charge in [-0.2, -0.15) is 0 Å². The highest BCUT2D eigenvalue weighted by Gasteiger charge is 2.37. The maximum absolute atomic E-state index is 12.0. The van der Waals surface area contributed by atoms with Crippen LogP contribution in [-0.4, -0.2) is 37.1 Å². The summed E-state index contributed by atoms with van der Waals surface area (Å²) < 4.78 is 28.7. The summed E-state index contributed by atoms with van der Waals surface area (Å²) in [5.74, 6) is 0.629. The van der Waals surface area contributed by atoms with E-state index >= 15 is 0 Å². The minimum Gasteiger partial charge on any atom is -0.490 e. The van der Waals surface area contributed by atoms with E-state index in [0.29, 0.717) is 6.54 Å². The van der Waals surface area contributed by atoms with E-state index in [1.165, 1.54) is 12.8 Å². The van der Waals surface area contributed by atoms with Gasteiger partial charge in [0.2, 0.25) is 15.0 Å². The van der Waals surface area contributed by atoms with Gasteiger partial charge in [-0.3, -0.25) is 4.79 Å². The molecule has 1 aromatic carbocycles. The fraction of sp³-hybridized carbons (Fsp3) is 0.562. The second-order valence-electron chi connectivity index (χ2n) is 6.25. The summed E-state index contributed by atoms with van der Waals surface area (Å²) in [6.45, 7) is 0.530. The van der Waals surface area contributed by atoms with E-state index in [-0.39, 0.29) is 25.0 Å². The van der Waals surface area contributed by atoms with Crippen LogP contribution in [-0.2, 0) is 20.4 Å². The van der Waals surface area contributed by atoms with Crippen LogP contribution >= 0.6 is 10.7 Å². The predicted molar refractivity (Wildman–Crippen MR) is 87.9 cm³/mol. The van der Waals surface area contributed by atoms with E-state index in [0.717, 1.165) is 24.2 Å². The fourth-order valence-corrected chi connectivity index (χ4v) is 4.27. The zero-order valence-electron chi connectivity index (χ0n) is 12.8. The van der Waals surface area contributed by atoms with Crippen molar-refractivity contribution in [3.05, 3.63) is 29.8 Å². The lowest BCUT2D eigenvalue weighted by Gasteiger charge is -2.18. The molecule has 2 fully saturated rings. The molecule has 7 heteroatoms. The Labute approximate surface area is 141 Å². The summed E-state index contributed by atoms with van der Waals surface area (Å²) in [6, 6.07) is 7.65. The maximum Gasteiger partial charge on any atom is 0.237 e. The van der Waals surface area contributed by atoms with Crippen molar-refractivity contribution in [2.24, 2.45) is 0 Å². The second kappa shape index (κ2) is 6.69. The van der Waals surface area contributed by atoms with Crippen molar-refractivity contribution in [3.63, 3.8) is 0 Å². The van der Waals surface area contributed by atoms with Gasteiger partial charge in [0.15, 0.2) is 0 Å². The first-order valence-electron chi connectivity index (χ1n) is 7.88. The maximum atomic E-state index is 12.0. The molecule has 1 unspecified atom stereocenters. The van der Waals surface area contributed by atoms with E-state index in [2.05, 4.69) is 0 Å². The van der Waals surface area contributed by atoms with Crippen molar-refractivity contribution in [1.29, 1.82) is 0 Å². The minimum absolute atomic E-state index is 0.0376. The summed E-state index contributed by atoms with van der Waals surface area (Å²) in [4.78, 5) is 13.5. The molecule has 1 heterocycles. The van der Waals surface area contributed by atoms with Crippen LogP contribution in [0.5, 0.6) is 5.75 Å². The van der Waals surface area contributed by atoms with Gasteiger partial charge in [-0.1, -0.05) is 12.1 Å². The molecule has 0 spiro atoms. The lowest BCUT2D eigenvalue weighted by molar-refractivity contribution is -0.128. The molecular formula is C16H20ClNO4S. The molecule has 1 aliphatic heterocycles. The molecule has 0 bridgehead atoms. The zero-order valence-corrected chi connectivity index (χ0v) is 14.4. The molecule has 126 valence electrons. The largest absolute Gasteiger partial charge is 0.490 e. The molecule has 5 nitrogen and oxygen atoms in total. The van der Waals surface area contributed by atoms with Crippen LogP contribution in [0.25, 0.3) is 0 Å². The number of amides is 1. The summed E-state index contributed by atoms with van der Waals surface area (Å²) in [5.41, 5.74) is 0.932. The van der Waals surface area contributed by atoms with Gasteiger partial charge in [0.05, 0.1) is 6.10 Å². The average Bonchev–Trinajstić information content (AvgIpc) is 3.10. The van der Waals surface area contributed by atoms with Crippen molar-refractivity contribution < 1.29 is 17.9 Å². The van der Waals surface area contributed by atoms with Crippen LogP contribution in [0, 0.1) is 0 Å². The molecule has 1 aliphatic carbocycles. The van der Waals surface area contributed by atoms with E-state index in [9.17, 15) is 13.2 Å². The third kappa shape index (κ3) is 4.18. The van der Waals surface area contributed by atoms with Crippen LogP contribution < -0.4 is 4.74 Å². The fourth-order valence-electron chi connectivity index (χ4n) is 3.21. The number of carbonyl (C=O) groups is 1. The highest BCUT2D eigenvalue weighted by Crippen LogP contribution is 2.26. The SMILES string of the molecule is O=C1CC(S(=O)(=O)Cl)CN1Cc1cccc(OC2CCCC2)c1. The summed E-state index contributed by atoms with van der Waals surface area (Å²) in [5, 5.41) is -0.811. The second-order valence-corrected chi connectivity index (χ2v) is 9.16. The molecule has 1 amide bonds. The van der Waals surface area contributed by atoms with Crippen LogP contribution in [0.1, 0.15) is 37.7 Å². The Kier molecular flexibility index (Phi) is 4.82. The number of nitrogens with zero attached hydrogens (tertiary/aromatic N) is 1. The van der Waals surface area contributed by atoms with Gasteiger partial charge < -0.3 is 9.64 Å². The Morgan fingerprint density at radius 3 is 2.65 bits per heavy atom. The van der Waals surface area contributed by atoms with Gasteiger partial charge in [-0.15, -0.1) is 0 Å². The number of likely N-dealkylation sites (tertiary alicyclic amines) is 1. The quantitative estimate of drug-likeness (QED) is 0.760. The molecule has 0 N–H and O–H groups in total. The van der Waals surface area contributed by atoms with Gasteiger partial charge in [-0.25, -0.2) is 8.42 Å². The first kappa shape index (κ1) is 16.6. The summed E-state index contributed by atoms with van der Waals surface area (Å²) >= 11 is 0. The number of rotatable bonds is 5. The van der Waals surface area contributed by atoms with Crippen molar-refractivity contribution in [3.8, 4) is 5.75 Å². The van der Waals surface area contributed by atoms with E-state index in [1.807, 2.05) is 24.3 Å². The van der Waals surface area contributed by atoms with Gasteiger partial charge in [0, 0.05) is 30.2 Å². The van der Waals surface area contributed by atoms with E-state index in [1.54, 1.807) is 4.90 Å². The third-order valence-corrected chi connectivity index (χ3v) is 6.32. The monoisotopic (exact) mass is 357 g/mol. The number of ether oxygens (including phenoxy) is 1. The van der Waals surface area contributed by atoms with Crippen molar-refractivity contribution in [2.45, 2.75) is 50.0 Å². The number of halogens is 1. The molecule has 1 aromatic rings. The lowest BCUT2D eigenvalue weighted by atomic mass is 10.2. The Bertz CT molecular complexity index is 685. The average molecular weight is 358 g/mol. The highest BCUT2D eigenvalue weighted by molar-refractivity contribution is 8.14. The molecule has 1 saturated heterocycles.